The molecule has 3 N–H and O–H groups in total. The van der Waals surface area contributed by atoms with E-state index in [1.165, 1.54) is 5.56 Å². The molecule has 0 aliphatic heterocycles. The second-order valence-corrected chi connectivity index (χ2v) is 8.51. The lowest BCUT2D eigenvalue weighted by Gasteiger charge is -2.20. The fourth-order valence-corrected chi connectivity index (χ4v) is 3.07. The summed E-state index contributed by atoms with van der Waals surface area (Å²) in [5.41, 5.74) is 2.82. The molecule has 1 aromatic carbocycles. The summed E-state index contributed by atoms with van der Waals surface area (Å²) in [4.78, 5) is 13.1. The smallest absolute Gasteiger partial charge is 0.276 e. The van der Waals surface area contributed by atoms with E-state index >= 15 is 0 Å². The normalized spacial score (nSPS) is 12.7. The summed E-state index contributed by atoms with van der Waals surface area (Å²) in [6.45, 7) is 10.1. The molecule has 0 saturated carbocycles. The number of aromatic nitrogens is 3. The Morgan fingerprint density at radius 3 is 2.52 bits per heavy atom. The molecule has 1 atom stereocenters. The van der Waals surface area contributed by atoms with Gasteiger partial charge in [-0.25, -0.2) is 0 Å². The first-order valence-corrected chi connectivity index (χ1v) is 10.9. The van der Waals surface area contributed by atoms with Crippen LogP contribution in [-0.4, -0.2) is 45.8 Å². The number of hydrogen-bond donors (Lipinski definition) is 3. The lowest BCUT2D eigenvalue weighted by Crippen LogP contribution is -2.38. The number of rotatable bonds is 8. The lowest BCUT2D eigenvalue weighted by atomic mass is 9.86. The lowest BCUT2D eigenvalue weighted by molar-refractivity contribution is 0.187. The number of nitrogens with zero attached hydrogens (tertiary/aromatic N) is 4. The van der Waals surface area contributed by atoms with Crippen LogP contribution in [0.1, 0.15) is 50.8 Å². The van der Waals surface area contributed by atoms with Gasteiger partial charge in [0.05, 0.1) is 12.6 Å². The zero-order valence-corrected chi connectivity index (χ0v) is 21.9. The number of guanidine groups is 1. The van der Waals surface area contributed by atoms with E-state index in [0.717, 1.165) is 5.56 Å². The highest BCUT2D eigenvalue weighted by atomic mass is 127. The van der Waals surface area contributed by atoms with Crippen LogP contribution in [0.4, 0.5) is 0 Å². The highest BCUT2D eigenvalue weighted by Crippen LogP contribution is 2.24. The number of benzene rings is 1. The van der Waals surface area contributed by atoms with Gasteiger partial charge >= 0.3 is 0 Å². The Labute approximate surface area is 212 Å². The van der Waals surface area contributed by atoms with E-state index < -0.39 is 6.10 Å². The third kappa shape index (κ3) is 8.08. The van der Waals surface area contributed by atoms with E-state index in [1.807, 2.05) is 37.3 Å². The van der Waals surface area contributed by atoms with Gasteiger partial charge in [-0.1, -0.05) is 56.3 Å². The van der Waals surface area contributed by atoms with Crippen molar-refractivity contribution in [1.29, 1.82) is 0 Å². The molecule has 3 aromatic rings. The molecule has 2 aromatic heterocycles. The van der Waals surface area contributed by atoms with Crippen molar-refractivity contribution in [1.82, 2.24) is 25.8 Å². The Morgan fingerprint density at radius 2 is 1.88 bits per heavy atom. The fourth-order valence-electron chi connectivity index (χ4n) is 3.07. The molecule has 0 fully saturated rings. The number of hydrogen-bond acceptors (Lipinski definition) is 6. The molecule has 0 aliphatic rings. The average Bonchev–Trinajstić information content (AvgIpc) is 3.26. The molecule has 178 valence electrons. The van der Waals surface area contributed by atoms with Crippen LogP contribution in [0.3, 0.4) is 0 Å². The predicted molar refractivity (Wildman–Crippen MR) is 141 cm³/mol. The van der Waals surface area contributed by atoms with Crippen LogP contribution in [-0.2, 0) is 11.8 Å². The molecule has 33 heavy (non-hydrogen) atoms. The van der Waals surface area contributed by atoms with Crippen molar-refractivity contribution < 1.29 is 9.63 Å². The highest BCUT2D eigenvalue weighted by Gasteiger charge is 2.15. The first-order chi connectivity index (χ1) is 15.4. The van der Waals surface area contributed by atoms with Gasteiger partial charge < -0.3 is 20.3 Å². The molecular formula is C24H33IN6O2. The van der Waals surface area contributed by atoms with Gasteiger partial charge in [-0.3, -0.25) is 9.98 Å². The third-order valence-corrected chi connectivity index (χ3v) is 4.92. The predicted octanol–water partition coefficient (Wildman–Crippen LogP) is 3.88. The van der Waals surface area contributed by atoms with Gasteiger partial charge in [0.15, 0.2) is 11.8 Å². The molecule has 2 heterocycles. The van der Waals surface area contributed by atoms with Crippen LogP contribution in [0.15, 0.2) is 58.2 Å². The molecule has 1 unspecified atom stereocenters. The van der Waals surface area contributed by atoms with Crippen molar-refractivity contribution in [2.45, 2.75) is 45.6 Å². The SMILES string of the molecule is CCNC(=NCC(O)c1ccc(C(C)(C)C)cc1)NCCc1noc(-c2ccccn2)n1.I. The largest absolute Gasteiger partial charge is 0.386 e. The quantitative estimate of drug-likeness (QED) is 0.217. The number of aliphatic hydroxyl groups is 1. The summed E-state index contributed by atoms with van der Waals surface area (Å²) in [5.74, 6) is 1.63. The first kappa shape index (κ1) is 26.7. The van der Waals surface area contributed by atoms with Gasteiger partial charge in [0.25, 0.3) is 5.89 Å². The second-order valence-electron chi connectivity index (χ2n) is 8.51. The van der Waals surface area contributed by atoms with Crippen molar-refractivity contribution in [3.05, 3.63) is 65.6 Å². The van der Waals surface area contributed by atoms with Crippen LogP contribution in [0.2, 0.25) is 0 Å². The fraction of sp³-hybridized carbons (Fsp3) is 0.417. The van der Waals surface area contributed by atoms with Crippen molar-refractivity contribution >= 4 is 29.9 Å². The van der Waals surface area contributed by atoms with Gasteiger partial charge in [0.1, 0.15) is 5.69 Å². The molecule has 9 heteroatoms. The third-order valence-electron chi connectivity index (χ3n) is 4.92. The van der Waals surface area contributed by atoms with Crippen molar-refractivity contribution in [2.75, 3.05) is 19.6 Å². The van der Waals surface area contributed by atoms with E-state index in [1.54, 1.807) is 6.20 Å². The summed E-state index contributed by atoms with van der Waals surface area (Å²) in [6, 6.07) is 13.6. The summed E-state index contributed by atoms with van der Waals surface area (Å²) in [7, 11) is 0. The van der Waals surface area contributed by atoms with E-state index in [9.17, 15) is 5.11 Å². The minimum Gasteiger partial charge on any atom is -0.386 e. The standard InChI is InChI=1S/C24H32N6O2.HI/c1-5-25-23(28-16-20(31)17-9-11-18(12-10-17)24(2,3)4)27-15-13-21-29-22(32-30-21)19-8-6-7-14-26-19;/h6-12,14,20,31H,5,13,15-16H2,1-4H3,(H2,25,27,28);1H. The molecule has 0 spiro atoms. The molecule has 0 saturated heterocycles. The van der Waals surface area contributed by atoms with Crippen molar-refractivity contribution in [2.24, 2.45) is 4.99 Å². The second kappa shape index (κ2) is 12.6. The zero-order valence-electron chi connectivity index (χ0n) is 19.6. The summed E-state index contributed by atoms with van der Waals surface area (Å²) < 4.78 is 5.28. The maximum atomic E-state index is 10.5. The molecule has 8 nitrogen and oxygen atoms in total. The van der Waals surface area contributed by atoms with Crippen LogP contribution < -0.4 is 10.6 Å². The summed E-state index contributed by atoms with van der Waals surface area (Å²) >= 11 is 0. The minimum atomic E-state index is -0.669. The summed E-state index contributed by atoms with van der Waals surface area (Å²) in [6.07, 6.45) is 1.59. The molecule has 0 aliphatic carbocycles. The van der Waals surface area contributed by atoms with E-state index in [2.05, 4.69) is 63.7 Å². The van der Waals surface area contributed by atoms with Crippen LogP contribution in [0.25, 0.3) is 11.6 Å². The first-order valence-electron chi connectivity index (χ1n) is 10.9. The van der Waals surface area contributed by atoms with E-state index in [0.29, 0.717) is 42.9 Å². The van der Waals surface area contributed by atoms with E-state index in [4.69, 9.17) is 4.52 Å². The van der Waals surface area contributed by atoms with Gasteiger partial charge in [0.2, 0.25) is 0 Å². The highest BCUT2D eigenvalue weighted by molar-refractivity contribution is 14.0. The van der Waals surface area contributed by atoms with Gasteiger partial charge in [-0.05, 0) is 35.6 Å². The van der Waals surface area contributed by atoms with Gasteiger partial charge in [0, 0.05) is 25.7 Å². The molecular weight excluding hydrogens is 531 g/mol. The molecule has 0 radical (unpaired) electrons. The van der Waals surface area contributed by atoms with Crippen molar-refractivity contribution in [3.63, 3.8) is 0 Å². The number of pyridine rings is 1. The number of aliphatic hydroxyl groups excluding tert-OH is 1. The zero-order chi connectivity index (χ0) is 23.0. The number of aliphatic imine (C=N–C) groups is 1. The maximum Gasteiger partial charge on any atom is 0.276 e. The molecule has 3 rings (SSSR count). The Bertz CT molecular complexity index is 1000. The van der Waals surface area contributed by atoms with E-state index in [-0.39, 0.29) is 35.9 Å². The minimum absolute atomic E-state index is 0. The Kier molecular flexibility index (Phi) is 10.2. The van der Waals surface area contributed by atoms with Gasteiger partial charge in [-0.15, -0.1) is 24.0 Å². The van der Waals surface area contributed by atoms with Gasteiger partial charge in [-0.2, -0.15) is 4.98 Å². The monoisotopic (exact) mass is 564 g/mol. The van der Waals surface area contributed by atoms with Crippen molar-refractivity contribution in [3.8, 4) is 11.6 Å². The number of halogens is 1. The number of nitrogens with one attached hydrogen (secondary N) is 2. The van der Waals surface area contributed by atoms with Crippen LogP contribution in [0, 0.1) is 0 Å². The Hall–Kier alpha value is -2.53. The summed E-state index contributed by atoms with van der Waals surface area (Å²) in [5, 5.41) is 21.0. The Balaban J connectivity index is 0.00000385. The molecule has 0 bridgehead atoms. The van der Waals surface area contributed by atoms with Crippen LogP contribution >= 0.6 is 24.0 Å². The molecule has 0 amide bonds. The topological polar surface area (TPSA) is 108 Å². The average molecular weight is 564 g/mol. The Morgan fingerprint density at radius 1 is 1.12 bits per heavy atom. The maximum absolute atomic E-state index is 10.5. The van der Waals surface area contributed by atoms with Crippen LogP contribution in [0.5, 0.6) is 0 Å².